The fraction of sp³-hybridized carbons (Fsp3) is 0.714. The van der Waals surface area contributed by atoms with E-state index in [1.165, 1.54) is 36.1 Å². The molecule has 0 radical (unpaired) electrons. The summed E-state index contributed by atoms with van der Waals surface area (Å²) in [6.45, 7) is 7.97. The molecule has 1 aromatic rings. The predicted octanol–water partition coefficient (Wildman–Crippen LogP) is 4.11. The fourth-order valence-electron chi connectivity index (χ4n) is 2.69. The average molecular weight is 237 g/mol. The molecule has 0 unspecified atom stereocenters. The van der Waals surface area contributed by atoms with Crippen molar-refractivity contribution in [3.8, 4) is 0 Å². The first-order valence-electron chi connectivity index (χ1n) is 6.37. The molecule has 2 heteroatoms. The van der Waals surface area contributed by atoms with Crippen LogP contribution in [0.15, 0.2) is 11.4 Å². The van der Waals surface area contributed by atoms with Gasteiger partial charge in [0.25, 0.3) is 0 Å². The smallest absolute Gasteiger partial charge is 0.0307 e. The molecule has 1 N–H and O–H groups in total. The van der Waals surface area contributed by atoms with Gasteiger partial charge in [-0.25, -0.2) is 0 Å². The van der Waals surface area contributed by atoms with Crippen LogP contribution in [0.3, 0.4) is 0 Å². The zero-order chi connectivity index (χ0) is 11.6. The summed E-state index contributed by atoms with van der Waals surface area (Å²) in [4.78, 5) is 1.49. The molecule has 0 atom stereocenters. The first-order chi connectivity index (χ1) is 7.59. The van der Waals surface area contributed by atoms with Gasteiger partial charge in [-0.3, -0.25) is 0 Å². The second-order valence-corrected chi connectivity index (χ2v) is 6.58. The highest BCUT2D eigenvalue weighted by Crippen LogP contribution is 2.34. The van der Waals surface area contributed by atoms with Gasteiger partial charge in [0, 0.05) is 17.0 Å². The maximum Gasteiger partial charge on any atom is 0.0307 e. The Kier molecular flexibility index (Phi) is 3.70. The van der Waals surface area contributed by atoms with Crippen molar-refractivity contribution in [3.63, 3.8) is 0 Å². The van der Waals surface area contributed by atoms with E-state index in [2.05, 4.69) is 37.5 Å². The molecular formula is C14H23NS. The van der Waals surface area contributed by atoms with E-state index in [-0.39, 0.29) is 0 Å². The first kappa shape index (κ1) is 12.1. The Hall–Kier alpha value is -0.340. The Balaban J connectivity index is 1.91. The maximum atomic E-state index is 3.75. The minimum atomic E-state index is 0.299. The van der Waals surface area contributed by atoms with E-state index in [0.717, 1.165) is 12.5 Å². The van der Waals surface area contributed by atoms with Crippen molar-refractivity contribution in [1.82, 2.24) is 5.32 Å². The second-order valence-electron chi connectivity index (χ2n) is 5.58. The van der Waals surface area contributed by atoms with Gasteiger partial charge in [-0.1, -0.05) is 12.8 Å². The number of thiophene rings is 1. The molecule has 0 spiro atoms. The van der Waals surface area contributed by atoms with Crippen LogP contribution in [0, 0.1) is 12.8 Å². The van der Waals surface area contributed by atoms with Crippen LogP contribution in [0.2, 0.25) is 0 Å². The van der Waals surface area contributed by atoms with Crippen LogP contribution in [0.4, 0.5) is 0 Å². The van der Waals surface area contributed by atoms with Gasteiger partial charge in [0.1, 0.15) is 0 Å². The molecule has 1 aromatic heterocycles. The largest absolute Gasteiger partial charge is 0.307 e. The monoisotopic (exact) mass is 237 g/mol. The van der Waals surface area contributed by atoms with Crippen molar-refractivity contribution < 1.29 is 0 Å². The zero-order valence-electron chi connectivity index (χ0n) is 10.7. The Morgan fingerprint density at radius 1 is 1.38 bits per heavy atom. The van der Waals surface area contributed by atoms with Crippen LogP contribution >= 0.6 is 11.3 Å². The summed E-state index contributed by atoms with van der Waals surface area (Å²) in [5.41, 5.74) is 1.73. The molecule has 2 rings (SSSR count). The molecule has 1 aliphatic carbocycles. The molecule has 90 valence electrons. The molecule has 1 saturated carbocycles. The lowest BCUT2D eigenvalue weighted by molar-refractivity contribution is 0.255. The molecule has 0 saturated heterocycles. The molecule has 0 aromatic carbocycles. The topological polar surface area (TPSA) is 12.0 Å². The van der Waals surface area contributed by atoms with E-state index < -0.39 is 0 Å². The highest BCUT2D eigenvalue weighted by molar-refractivity contribution is 7.10. The Morgan fingerprint density at radius 2 is 2.06 bits per heavy atom. The fourth-order valence-corrected chi connectivity index (χ4v) is 3.53. The van der Waals surface area contributed by atoms with E-state index in [0.29, 0.717) is 5.54 Å². The number of nitrogens with one attached hydrogen (secondary N) is 1. The van der Waals surface area contributed by atoms with Crippen LogP contribution in [-0.4, -0.2) is 5.54 Å². The molecule has 16 heavy (non-hydrogen) atoms. The molecule has 0 bridgehead atoms. The van der Waals surface area contributed by atoms with Gasteiger partial charge >= 0.3 is 0 Å². The molecule has 1 nitrogen and oxygen atoms in total. The third-order valence-corrected chi connectivity index (χ3v) is 5.07. The zero-order valence-corrected chi connectivity index (χ0v) is 11.5. The average Bonchev–Trinajstić information content (AvgIpc) is 2.85. The van der Waals surface area contributed by atoms with Crippen LogP contribution < -0.4 is 5.32 Å². The second kappa shape index (κ2) is 4.89. The minimum Gasteiger partial charge on any atom is -0.307 e. The molecule has 0 amide bonds. The van der Waals surface area contributed by atoms with Crippen LogP contribution in [-0.2, 0) is 6.54 Å². The van der Waals surface area contributed by atoms with Crippen molar-refractivity contribution in [1.29, 1.82) is 0 Å². The molecule has 0 aliphatic heterocycles. The SMILES string of the molecule is Cc1ccsc1CNC(C)(C)C1CCCC1. The van der Waals surface area contributed by atoms with Crippen molar-refractivity contribution in [2.45, 2.75) is 58.5 Å². The summed E-state index contributed by atoms with van der Waals surface area (Å²) in [7, 11) is 0. The molecule has 1 aliphatic rings. The third kappa shape index (κ3) is 2.67. The Labute approximate surface area is 103 Å². The Morgan fingerprint density at radius 3 is 2.62 bits per heavy atom. The molecule has 1 heterocycles. The molecular weight excluding hydrogens is 214 g/mol. The first-order valence-corrected chi connectivity index (χ1v) is 7.25. The molecule has 1 fully saturated rings. The van der Waals surface area contributed by atoms with Gasteiger partial charge in [-0.05, 0) is 56.5 Å². The lowest BCUT2D eigenvalue weighted by Crippen LogP contribution is -2.44. The minimum absolute atomic E-state index is 0.299. The van der Waals surface area contributed by atoms with Crippen LogP contribution in [0.5, 0.6) is 0 Å². The number of hydrogen-bond donors (Lipinski definition) is 1. The van der Waals surface area contributed by atoms with Crippen molar-refractivity contribution in [2.75, 3.05) is 0 Å². The van der Waals surface area contributed by atoms with Crippen LogP contribution in [0.25, 0.3) is 0 Å². The summed E-state index contributed by atoms with van der Waals surface area (Å²) >= 11 is 1.87. The van der Waals surface area contributed by atoms with E-state index in [4.69, 9.17) is 0 Å². The normalized spacial score (nSPS) is 18.2. The van der Waals surface area contributed by atoms with Gasteiger partial charge in [0.15, 0.2) is 0 Å². The van der Waals surface area contributed by atoms with Crippen molar-refractivity contribution in [3.05, 3.63) is 21.9 Å². The van der Waals surface area contributed by atoms with Gasteiger partial charge in [-0.15, -0.1) is 11.3 Å². The summed E-state index contributed by atoms with van der Waals surface area (Å²) in [5, 5.41) is 5.94. The highest BCUT2D eigenvalue weighted by atomic mass is 32.1. The number of aryl methyl sites for hydroxylation is 1. The third-order valence-electron chi connectivity index (χ3n) is 4.05. The number of rotatable bonds is 4. The van der Waals surface area contributed by atoms with E-state index >= 15 is 0 Å². The van der Waals surface area contributed by atoms with E-state index in [1.54, 1.807) is 0 Å². The summed E-state index contributed by atoms with van der Waals surface area (Å²) < 4.78 is 0. The number of hydrogen-bond acceptors (Lipinski definition) is 2. The summed E-state index contributed by atoms with van der Waals surface area (Å²) in [6.07, 6.45) is 5.66. The highest BCUT2D eigenvalue weighted by Gasteiger charge is 2.31. The predicted molar refractivity (Wildman–Crippen MR) is 71.9 cm³/mol. The van der Waals surface area contributed by atoms with E-state index in [9.17, 15) is 0 Å². The van der Waals surface area contributed by atoms with Crippen LogP contribution in [0.1, 0.15) is 50.0 Å². The van der Waals surface area contributed by atoms with Crippen molar-refractivity contribution in [2.24, 2.45) is 5.92 Å². The van der Waals surface area contributed by atoms with E-state index in [1.807, 2.05) is 11.3 Å². The summed E-state index contributed by atoms with van der Waals surface area (Å²) in [6, 6.07) is 2.21. The van der Waals surface area contributed by atoms with Crippen molar-refractivity contribution >= 4 is 11.3 Å². The Bertz CT molecular complexity index is 334. The van der Waals surface area contributed by atoms with Gasteiger partial charge in [-0.2, -0.15) is 0 Å². The standard InChI is InChI=1S/C14H23NS/c1-11-8-9-16-13(11)10-15-14(2,3)12-6-4-5-7-12/h8-9,12,15H,4-7,10H2,1-3H3. The summed E-state index contributed by atoms with van der Waals surface area (Å²) in [5.74, 6) is 0.868. The lowest BCUT2D eigenvalue weighted by atomic mass is 9.86. The quantitative estimate of drug-likeness (QED) is 0.831. The lowest BCUT2D eigenvalue weighted by Gasteiger charge is -2.33. The van der Waals surface area contributed by atoms with Gasteiger partial charge in [0.05, 0.1) is 0 Å². The maximum absolute atomic E-state index is 3.75. The van der Waals surface area contributed by atoms with Gasteiger partial charge < -0.3 is 5.32 Å². The van der Waals surface area contributed by atoms with Gasteiger partial charge in [0.2, 0.25) is 0 Å².